The van der Waals surface area contributed by atoms with Gasteiger partial charge in [0, 0.05) is 42.5 Å². The fourth-order valence-electron chi connectivity index (χ4n) is 6.64. The predicted octanol–water partition coefficient (Wildman–Crippen LogP) is 7.54. The summed E-state index contributed by atoms with van der Waals surface area (Å²) in [5.41, 5.74) is 16.8. The molecular weight excluding hydrogens is 578 g/mol. The highest BCUT2D eigenvalue weighted by molar-refractivity contribution is 5.93. The molecule has 2 aliphatic rings. The topological polar surface area (TPSA) is 139 Å². The van der Waals surface area contributed by atoms with Crippen LogP contribution < -0.4 is 11.1 Å². The van der Waals surface area contributed by atoms with Crippen molar-refractivity contribution in [1.29, 1.82) is 0 Å². The molecule has 46 heavy (non-hydrogen) atoms. The van der Waals surface area contributed by atoms with Gasteiger partial charge in [0.25, 0.3) is 0 Å². The van der Waals surface area contributed by atoms with Gasteiger partial charge < -0.3 is 29.2 Å². The molecule has 8 rings (SSSR count). The molecule has 11 heteroatoms. The molecule has 0 atom stereocenters. The van der Waals surface area contributed by atoms with Crippen molar-refractivity contribution in [3.8, 4) is 22.3 Å². The van der Waals surface area contributed by atoms with E-state index >= 15 is 0 Å². The fourth-order valence-corrected chi connectivity index (χ4v) is 6.64. The lowest BCUT2D eigenvalue weighted by Gasteiger charge is -2.26. The molecule has 0 spiro atoms. The summed E-state index contributed by atoms with van der Waals surface area (Å²) >= 11 is 0. The van der Waals surface area contributed by atoms with Crippen molar-refractivity contribution in [2.75, 3.05) is 17.6 Å². The SMILES string of the molecule is CCNc1nc2ncc(-c3c(C)noc3C)cc2n1CC1CC1.Cc1noc(C)c1-c1cc(N)c2nc(C)n(CC3CCC3)c2c1. The van der Waals surface area contributed by atoms with Gasteiger partial charge in [-0.2, -0.15) is 4.98 Å². The maximum absolute atomic E-state index is 6.30. The Morgan fingerprint density at radius 1 is 0.804 bits per heavy atom. The van der Waals surface area contributed by atoms with Crippen LogP contribution in [-0.2, 0) is 13.1 Å². The van der Waals surface area contributed by atoms with Gasteiger partial charge in [0.05, 0.1) is 28.1 Å². The van der Waals surface area contributed by atoms with Gasteiger partial charge in [-0.15, -0.1) is 0 Å². The molecule has 5 aromatic heterocycles. The molecule has 0 amide bonds. The summed E-state index contributed by atoms with van der Waals surface area (Å²) in [5.74, 6) is 5.14. The number of aryl methyl sites for hydroxylation is 5. The number of fused-ring (bicyclic) bond motifs is 2. The summed E-state index contributed by atoms with van der Waals surface area (Å²) < 4.78 is 15.2. The Morgan fingerprint density at radius 2 is 1.43 bits per heavy atom. The standard InChI is InChI=1S/C18H22N4O.C17H21N5O/c1-10-17(11(2)23-21-10)14-7-15(19)18-16(8-14)22(12(3)20-18)9-13-5-4-6-13;1-4-18-17-20-16-14(22(17)9-12-5-6-12)7-13(8-19-16)15-10(2)21-23-11(15)3/h7-8,13H,4-6,9,19H2,1-3H3;7-8,12H,4-6,9H2,1-3H3,(H,18,19,20). The zero-order valence-electron chi connectivity index (χ0n) is 27.6. The molecule has 1 aromatic carbocycles. The number of hydrogen-bond acceptors (Lipinski definition) is 9. The van der Waals surface area contributed by atoms with Crippen LogP contribution in [0.4, 0.5) is 11.6 Å². The molecule has 2 aliphatic carbocycles. The molecule has 0 radical (unpaired) electrons. The number of hydrogen-bond donors (Lipinski definition) is 2. The Bertz CT molecular complexity index is 2000. The molecule has 240 valence electrons. The fraction of sp³-hybridized carbons (Fsp3) is 0.457. The molecule has 2 saturated carbocycles. The molecule has 2 fully saturated rings. The Balaban J connectivity index is 0.000000147. The molecule has 6 aromatic rings. The first kappa shape index (κ1) is 30.0. The Morgan fingerprint density at radius 3 is 2.02 bits per heavy atom. The van der Waals surface area contributed by atoms with Crippen molar-refractivity contribution in [2.45, 2.75) is 86.7 Å². The lowest BCUT2D eigenvalue weighted by Crippen LogP contribution is -2.18. The van der Waals surface area contributed by atoms with E-state index in [1.165, 1.54) is 32.1 Å². The highest BCUT2D eigenvalue weighted by Gasteiger charge is 2.25. The molecule has 0 aliphatic heterocycles. The van der Waals surface area contributed by atoms with Crippen LogP contribution in [-0.4, -0.2) is 40.9 Å². The normalized spacial score (nSPS) is 14.9. The van der Waals surface area contributed by atoms with Crippen molar-refractivity contribution < 1.29 is 9.05 Å². The highest BCUT2D eigenvalue weighted by Crippen LogP contribution is 2.36. The van der Waals surface area contributed by atoms with Gasteiger partial charge in [-0.1, -0.05) is 16.7 Å². The van der Waals surface area contributed by atoms with Crippen molar-refractivity contribution in [3.63, 3.8) is 0 Å². The van der Waals surface area contributed by atoms with Gasteiger partial charge >= 0.3 is 0 Å². The van der Waals surface area contributed by atoms with E-state index in [2.05, 4.69) is 60.7 Å². The number of pyridine rings is 1. The zero-order chi connectivity index (χ0) is 32.1. The number of imidazole rings is 2. The number of nitrogens with two attached hydrogens (primary N) is 1. The van der Waals surface area contributed by atoms with Gasteiger partial charge in [0.2, 0.25) is 5.95 Å². The van der Waals surface area contributed by atoms with Crippen LogP contribution in [0.5, 0.6) is 0 Å². The zero-order valence-corrected chi connectivity index (χ0v) is 27.6. The number of nitrogen functional groups attached to an aromatic ring is 1. The molecule has 0 saturated heterocycles. The number of nitrogens with one attached hydrogen (secondary N) is 1. The molecule has 5 heterocycles. The van der Waals surface area contributed by atoms with Gasteiger partial charge in [0.1, 0.15) is 22.9 Å². The minimum Gasteiger partial charge on any atom is -0.397 e. The average molecular weight is 622 g/mol. The molecular formula is C35H43N9O2. The molecule has 0 bridgehead atoms. The van der Waals surface area contributed by atoms with E-state index in [1.807, 2.05) is 40.0 Å². The van der Waals surface area contributed by atoms with Gasteiger partial charge in [-0.05, 0) is 103 Å². The van der Waals surface area contributed by atoms with Crippen molar-refractivity contribution in [1.82, 2.24) is 34.4 Å². The van der Waals surface area contributed by atoms with Crippen LogP contribution >= 0.6 is 0 Å². The lowest BCUT2D eigenvalue weighted by molar-refractivity contribution is 0.277. The summed E-state index contributed by atoms with van der Waals surface area (Å²) in [7, 11) is 0. The summed E-state index contributed by atoms with van der Waals surface area (Å²) in [5, 5.41) is 11.5. The van der Waals surface area contributed by atoms with Crippen LogP contribution in [0.25, 0.3) is 44.5 Å². The van der Waals surface area contributed by atoms with Crippen LogP contribution in [0.15, 0.2) is 33.4 Å². The maximum Gasteiger partial charge on any atom is 0.205 e. The summed E-state index contributed by atoms with van der Waals surface area (Å²) in [6.07, 6.45) is 8.46. The second-order valence-corrected chi connectivity index (χ2v) is 13.0. The molecule has 11 nitrogen and oxygen atoms in total. The Hall–Kier alpha value is -4.67. The molecule has 0 unspecified atom stereocenters. The second-order valence-electron chi connectivity index (χ2n) is 13.0. The smallest absolute Gasteiger partial charge is 0.205 e. The van der Waals surface area contributed by atoms with E-state index in [1.54, 1.807) is 0 Å². The van der Waals surface area contributed by atoms with E-state index in [0.717, 1.165) is 111 Å². The lowest BCUT2D eigenvalue weighted by atomic mass is 9.85. The largest absolute Gasteiger partial charge is 0.397 e. The number of anilines is 2. The monoisotopic (exact) mass is 621 g/mol. The summed E-state index contributed by atoms with van der Waals surface area (Å²) in [4.78, 5) is 13.9. The minimum atomic E-state index is 0.716. The first-order chi connectivity index (χ1) is 22.2. The third-order valence-corrected chi connectivity index (χ3v) is 9.46. The van der Waals surface area contributed by atoms with Crippen LogP contribution in [0, 0.1) is 46.5 Å². The maximum atomic E-state index is 6.30. The number of benzene rings is 1. The van der Waals surface area contributed by atoms with Crippen LogP contribution in [0.1, 0.15) is 67.8 Å². The van der Waals surface area contributed by atoms with E-state index < -0.39 is 0 Å². The number of nitrogens with zero attached hydrogens (tertiary/aromatic N) is 7. The van der Waals surface area contributed by atoms with Crippen molar-refractivity contribution in [2.24, 2.45) is 11.8 Å². The Kier molecular flexibility index (Phi) is 7.78. The third-order valence-electron chi connectivity index (χ3n) is 9.46. The third kappa shape index (κ3) is 5.52. The van der Waals surface area contributed by atoms with Crippen molar-refractivity contribution in [3.05, 3.63) is 53.1 Å². The van der Waals surface area contributed by atoms with E-state index in [9.17, 15) is 0 Å². The first-order valence-corrected chi connectivity index (χ1v) is 16.4. The summed E-state index contributed by atoms with van der Waals surface area (Å²) in [6.45, 7) is 14.8. The quantitative estimate of drug-likeness (QED) is 0.165. The number of rotatable bonds is 8. The minimum absolute atomic E-state index is 0.716. The van der Waals surface area contributed by atoms with Crippen molar-refractivity contribution >= 4 is 33.8 Å². The second kappa shape index (κ2) is 11.9. The van der Waals surface area contributed by atoms with Gasteiger partial charge in [0.15, 0.2) is 5.65 Å². The predicted molar refractivity (Wildman–Crippen MR) is 181 cm³/mol. The van der Waals surface area contributed by atoms with Gasteiger partial charge in [-0.3, -0.25) is 0 Å². The van der Waals surface area contributed by atoms with E-state index in [0.29, 0.717) is 5.69 Å². The van der Waals surface area contributed by atoms with E-state index in [-0.39, 0.29) is 0 Å². The Labute approximate surface area is 268 Å². The summed E-state index contributed by atoms with van der Waals surface area (Å²) in [6, 6.07) is 6.32. The molecule has 3 N–H and O–H groups in total. The first-order valence-electron chi connectivity index (χ1n) is 16.4. The highest BCUT2D eigenvalue weighted by atomic mass is 16.5. The van der Waals surface area contributed by atoms with Crippen LogP contribution in [0.3, 0.4) is 0 Å². The average Bonchev–Trinajstić information content (AvgIpc) is 3.40. The number of aromatic nitrogens is 7. The van der Waals surface area contributed by atoms with E-state index in [4.69, 9.17) is 19.8 Å². The van der Waals surface area contributed by atoms with Crippen LogP contribution in [0.2, 0.25) is 0 Å². The van der Waals surface area contributed by atoms with Gasteiger partial charge in [-0.25, -0.2) is 9.97 Å².